The molecule has 3 heteroatoms. The maximum atomic E-state index is 11.9. The smallest absolute Gasteiger partial charge is 0.338 e. The Morgan fingerprint density at radius 2 is 1.68 bits per heavy atom. The van der Waals surface area contributed by atoms with Crippen molar-refractivity contribution in [3.8, 4) is 0 Å². The molecule has 8 atom stereocenters. The van der Waals surface area contributed by atoms with Gasteiger partial charge >= 0.3 is 5.97 Å². The molecule has 140 valence electrons. The summed E-state index contributed by atoms with van der Waals surface area (Å²) in [5, 5.41) is 9.75. The second-order valence-electron chi connectivity index (χ2n) is 10.7. The molecule has 2 unspecified atom stereocenters. The summed E-state index contributed by atoms with van der Waals surface area (Å²) in [5.41, 5.74) is -0.695. The van der Waals surface area contributed by atoms with Crippen LogP contribution in [0.4, 0.5) is 0 Å². The van der Waals surface area contributed by atoms with Crippen molar-refractivity contribution < 1.29 is 14.6 Å². The fraction of sp³-hybridized carbons (Fsp3) is 0.955. The van der Waals surface area contributed by atoms with Gasteiger partial charge in [0.25, 0.3) is 0 Å². The van der Waals surface area contributed by atoms with Crippen molar-refractivity contribution >= 4 is 5.97 Å². The lowest BCUT2D eigenvalue weighted by molar-refractivity contribution is -0.143. The number of carbonyl (C=O) groups is 1. The summed E-state index contributed by atoms with van der Waals surface area (Å²) >= 11 is 0. The monoisotopic (exact) mass is 346 g/mol. The zero-order valence-electron chi connectivity index (χ0n) is 16.1. The molecule has 5 aliphatic rings. The summed E-state index contributed by atoms with van der Waals surface area (Å²) in [6.07, 6.45) is 13.1. The maximum absolute atomic E-state index is 11.9. The van der Waals surface area contributed by atoms with Gasteiger partial charge in [-0.25, -0.2) is 4.79 Å². The van der Waals surface area contributed by atoms with Crippen molar-refractivity contribution in [3.63, 3.8) is 0 Å². The first-order valence-corrected chi connectivity index (χ1v) is 10.7. The van der Waals surface area contributed by atoms with Gasteiger partial charge in [-0.3, -0.25) is 0 Å². The molecule has 5 rings (SSSR count). The van der Waals surface area contributed by atoms with Crippen molar-refractivity contribution in [2.24, 2.45) is 34.5 Å². The van der Waals surface area contributed by atoms with Crippen LogP contribution in [0.15, 0.2) is 0 Å². The van der Waals surface area contributed by atoms with Crippen LogP contribution in [0, 0.1) is 34.5 Å². The Hall–Kier alpha value is -0.570. The molecule has 1 heterocycles. The van der Waals surface area contributed by atoms with Crippen molar-refractivity contribution in [2.75, 3.05) is 0 Å². The number of epoxide rings is 1. The Morgan fingerprint density at radius 3 is 2.40 bits per heavy atom. The second kappa shape index (κ2) is 4.82. The fourth-order valence-corrected chi connectivity index (χ4v) is 8.78. The summed E-state index contributed by atoms with van der Waals surface area (Å²) in [5.74, 6) is 2.55. The molecule has 0 aromatic carbocycles. The quantitative estimate of drug-likeness (QED) is 0.677. The molecule has 25 heavy (non-hydrogen) atoms. The van der Waals surface area contributed by atoms with Crippen LogP contribution in [0.2, 0.25) is 0 Å². The Labute approximate surface area is 151 Å². The summed E-state index contributed by atoms with van der Waals surface area (Å²) in [6.45, 7) is 6.81. The number of hydrogen-bond donors (Lipinski definition) is 1. The van der Waals surface area contributed by atoms with E-state index in [-0.39, 0.29) is 11.0 Å². The summed E-state index contributed by atoms with van der Waals surface area (Å²) < 4.78 is 6.10. The number of carboxylic acids is 1. The Kier molecular flexibility index (Phi) is 3.20. The van der Waals surface area contributed by atoms with Crippen LogP contribution < -0.4 is 0 Å². The summed E-state index contributed by atoms with van der Waals surface area (Å²) in [7, 11) is 0. The summed E-state index contributed by atoms with van der Waals surface area (Å²) in [6, 6.07) is 0. The van der Waals surface area contributed by atoms with Gasteiger partial charge in [0, 0.05) is 5.41 Å². The molecular weight excluding hydrogens is 312 g/mol. The van der Waals surface area contributed by atoms with Crippen molar-refractivity contribution in [1.29, 1.82) is 0 Å². The van der Waals surface area contributed by atoms with Crippen molar-refractivity contribution in [3.05, 3.63) is 0 Å². The number of ether oxygens (including phenoxy) is 1. The van der Waals surface area contributed by atoms with E-state index >= 15 is 0 Å². The van der Waals surface area contributed by atoms with Gasteiger partial charge in [-0.15, -0.1) is 0 Å². The van der Waals surface area contributed by atoms with Gasteiger partial charge in [0.15, 0.2) is 5.60 Å². The lowest BCUT2D eigenvalue weighted by Crippen LogP contribution is -2.55. The minimum absolute atomic E-state index is 0.0686. The van der Waals surface area contributed by atoms with E-state index in [0.29, 0.717) is 11.3 Å². The van der Waals surface area contributed by atoms with Gasteiger partial charge in [0.2, 0.25) is 0 Å². The molecule has 1 aliphatic heterocycles. The predicted molar refractivity (Wildman–Crippen MR) is 96.2 cm³/mol. The first-order valence-electron chi connectivity index (χ1n) is 10.7. The predicted octanol–water partition coefficient (Wildman–Crippen LogP) is 5.03. The minimum atomic E-state index is -0.935. The number of fused-ring (bicyclic) bond motifs is 6. The highest BCUT2D eigenvalue weighted by molar-refractivity contribution is 5.83. The van der Waals surface area contributed by atoms with E-state index < -0.39 is 11.6 Å². The van der Waals surface area contributed by atoms with Crippen LogP contribution in [0.3, 0.4) is 0 Å². The minimum Gasteiger partial charge on any atom is -0.479 e. The first-order chi connectivity index (χ1) is 11.8. The molecule has 3 nitrogen and oxygen atoms in total. The molecule has 4 aliphatic carbocycles. The fourth-order valence-electron chi connectivity index (χ4n) is 8.78. The maximum Gasteiger partial charge on any atom is 0.338 e. The van der Waals surface area contributed by atoms with Crippen molar-refractivity contribution in [2.45, 2.75) is 96.2 Å². The van der Waals surface area contributed by atoms with Crippen LogP contribution in [-0.4, -0.2) is 22.3 Å². The highest BCUT2D eigenvalue weighted by Gasteiger charge is 2.83. The zero-order chi connectivity index (χ0) is 17.7. The Morgan fingerprint density at radius 1 is 0.920 bits per heavy atom. The van der Waals surface area contributed by atoms with Crippen LogP contribution >= 0.6 is 0 Å². The van der Waals surface area contributed by atoms with Gasteiger partial charge in [-0.2, -0.15) is 0 Å². The number of aliphatic carboxylic acids is 1. The molecule has 1 spiro atoms. The first kappa shape index (κ1) is 16.6. The summed E-state index contributed by atoms with van der Waals surface area (Å²) in [4.78, 5) is 11.9. The van der Waals surface area contributed by atoms with Crippen LogP contribution in [0.1, 0.15) is 85.0 Å². The van der Waals surface area contributed by atoms with E-state index in [1.54, 1.807) is 0 Å². The van der Waals surface area contributed by atoms with E-state index in [9.17, 15) is 9.90 Å². The SMILES string of the molecule is CC1(C(=O)O)O[C@@]12CC[C@H]1[C@@H]3CCC4CCCC[C@]4(C)[C@H]3CC[C@@]12C. The van der Waals surface area contributed by atoms with Crippen LogP contribution in [-0.2, 0) is 9.53 Å². The van der Waals surface area contributed by atoms with Gasteiger partial charge in [0.1, 0.15) is 5.60 Å². The Bertz CT molecular complexity index is 616. The highest BCUT2D eigenvalue weighted by atomic mass is 16.7. The molecule has 1 N–H and O–H groups in total. The highest BCUT2D eigenvalue weighted by Crippen LogP contribution is 2.75. The molecule has 0 radical (unpaired) electrons. The number of carboxylic acid groups (broad SMARTS) is 1. The molecule has 0 aromatic heterocycles. The third-order valence-electron chi connectivity index (χ3n) is 10.2. The van der Waals surface area contributed by atoms with E-state index in [2.05, 4.69) is 13.8 Å². The van der Waals surface area contributed by atoms with Gasteiger partial charge in [0.05, 0.1) is 0 Å². The third-order valence-corrected chi connectivity index (χ3v) is 10.2. The third kappa shape index (κ3) is 1.75. The van der Waals surface area contributed by atoms with Crippen molar-refractivity contribution in [1.82, 2.24) is 0 Å². The molecule has 0 aromatic rings. The van der Waals surface area contributed by atoms with Crippen LogP contribution in [0.25, 0.3) is 0 Å². The molecular formula is C22H34O3. The standard InChI is InChI=1S/C22H34O3/c1-19-11-5-4-6-14(19)7-8-15-16(19)9-12-20(2)17(15)10-13-22(20)21(3,25-22)18(23)24/h14-17H,4-13H2,1-3H3,(H,23,24)/t14?,15-,16+,17+,19+,20+,21?,22-/m1/s1. The van der Waals surface area contributed by atoms with Gasteiger partial charge < -0.3 is 9.84 Å². The Balaban J connectivity index is 1.47. The molecule has 1 saturated heterocycles. The number of rotatable bonds is 1. The van der Waals surface area contributed by atoms with Gasteiger partial charge in [-0.1, -0.05) is 26.7 Å². The topological polar surface area (TPSA) is 49.8 Å². The second-order valence-corrected chi connectivity index (χ2v) is 10.7. The van der Waals surface area contributed by atoms with E-state index in [0.717, 1.165) is 24.2 Å². The van der Waals surface area contributed by atoms with E-state index in [1.807, 2.05) is 6.92 Å². The molecule has 4 saturated carbocycles. The van der Waals surface area contributed by atoms with E-state index in [1.165, 1.54) is 57.8 Å². The molecule has 0 bridgehead atoms. The molecule has 0 amide bonds. The molecule has 5 fully saturated rings. The lowest BCUT2D eigenvalue weighted by Gasteiger charge is -2.60. The average molecular weight is 347 g/mol. The number of hydrogen-bond acceptors (Lipinski definition) is 2. The zero-order valence-corrected chi connectivity index (χ0v) is 16.1. The normalized spacial score (nSPS) is 59.8. The largest absolute Gasteiger partial charge is 0.479 e. The van der Waals surface area contributed by atoms with Gasteiger partial charge in [-0.05, 0) is 87.4 Å². The van der Waals surface area contributed by atoms with E-state index in [4.69, 9.17) is 4.74 Å². The van der Waals surface area contributed by atoms with Crippen LogP contribution in [0.5, 0.6) is 0 Å². The lowest BCUT2D eigenvalue weighted by atomic mass is 9.44. The average Bonchev–Trinajstić information content (AvgIpc) is 3.10.